The molecule has 0 unspecified atom stereocenters. The van der Waals surface area contributed by atoms with Gasteiger partial charge in [0.15, 0.2) is 0 Å². The molecule has 0 radical (unpaired) electrons. The van der Waals surface area contributed by atoms with E-state index >= 15 is 0 Å². The van der Waals surface area contributed by atoms with Crippen LogP contribution in [0.2, 0.25) is 0 Å². The zero-order valence-corrected chi connectivity index (χ0v) is 16.4. The molecular weight excluding hydrogens is 394 g/mol. The van der Waals surface area contributed by atoms with E-state index in [0.717, 1.165) is 55.8 Å². The molecule has 0 fully saturated rings. The predicted octanol–water partition coefficient (Wildman–Crippen LogP) is 4.87. The van der Waals surface area contributed by atoms with Crippen molar-refractivity contribution in [3.05, 3.63) is 65.7 Å². The van der Waals surface area contributed by atoms with Crippen LogP contribution in [0.1, 0.15) is 0 Å². The van der Waals surface area contributed by atoms with Crippen molar-refractivity contribution in [3.63, 3.8) is 0 Å². The number of H-pyrrole nitrogens is 2. The molecule has 6 aromatic rings. The number of aromatic nitrogens is 6. The summed E-state index contributed by atoms with van der Waals surface area (Å²) in [6.07, 6.45) is 5.20. The quantitative estimate of drug-likeness (QED) is 0.386. The van der Waals surface area contributed by atoms with Crippen LogP contribution in [0.25, 0.3) is 55.8 Å². The van der Waals surface area contributed by atoms with Crippen molar-refractivity contribution in [2.75, 3.05) is 5.73 Å². The van der Waals surface area contributed by atoms with Crippen LogP contribution in [0.5, 0.6) is 0 Å². The average molecular weight is 409 g/mol. The van der Waals surface area contributed by atoms with Crippen LogP contribution in [-0.2, 0) is 0 Å². The summed E-state index contributed by atoms with van der Waals surface area (Å²) in [7, 11) is 0. The molecule has 6 heterocycles. The average Bonchev–Trinajstić information content (AvgIpc) is 3.51. The van der Waals surface area contributed by atoms with Crippen LogP contribution in [0, 0.1) is 0 Å². The van der Waals surface area contributed by atoms with Gasteiger partial charge in [-0.25, -0.2) is 4.98 Å². The van der Waals surface area contributed by atoms with Gasteiger partial charge in [0.05, 0.1) is 28.3 Å². The van der Waals surface area contributed by atoms with Gasteiger partial charge in [-0.1, -0.05) is 0 Å². The Bertz CT molecular complexity index is 1510. The van der Waals surface area contributed by atoms with Crippen LogP contribution in [0.3, 0.4) is 0 Å². The highest BCUT2D eigenvalue weighted by atomic mass is 32.1. The Morgan fingerprint density at radius 1 is 0.933 bits per heavy atom. The normalized spacial score (nSPS) is 11.5. The maximum Gasteiger partial charge on any atom is 0.135 e. The fourth-order valence-electron chi connectivity index (χ4n) is 3.66. The molecule has 0 bridgehead atoms. The Balaban J connectivity index is 1.52. The Hall–Kier alpha value is -4.04. The molecule has 0 amide bonds. The van der Waals surface area contributed by atoms with Gasteiger partial charge in [-0.2, -0.15) is 16.4 Å². The molecule has 0 atom stereocenters. The molecule has 30 heavy (non-hydrogen) atoms. The van der Waals surface area contributed by atoms with Gasteiger partial charge in [0.2, 0.25) is 0 Å². The molecule has 8 heteroatoms. The third-order valence-corrected chi connectivity index (χ3v) is 5.74. The fraction of sp³-hybridized carbons (Fsp3) is 0. The number of pyridine rings is 3. The third kappa shape index (κ3) is 2.66. The lowest BCUT2D eigenvalue weighted by Crippen LogP contribution is -1.90. The molecule has 0 aliphatic heterocycles. The summed E-state index contributed by atoms with van der Waals surface area (Å²) in [5, 5.41) is 12.8. The van der Waals surface area contributed by atoms with Crippen molar-refractivity contribution < 1.29 is 0 Å². The Labute approximate surface area is 174 Å². The Kier molecular flexibility index (Phi) is 3.65. The highest BCUT2D eigenvalue weighted by Gasteiger charge is 2.16. The van der Waals surface area contributed by atoms with Crippen molar-refractivity contribution in [2.24, 2.45) is 0 Å². The van der Waals surface area contributed by atoms with Gasteiger partial charge in [-0.05, 0) is 41.8 Å². The van der Waals surface area contributed by atoms with Gasteiger partial charge in [-0.15, -0.1) is 0 Å². The first-order valence-electron chi connectivity index (χ1n) is 9.33. The van der Waals surface area contributed by atoms with Crippen LogP contribution >= 0.6 is 11.3 Å². The van der Waals surface area contributed by atoms with Gasteiger partial charge in [0, 0.05) is 46.0 Å². The van der Waals surface area contributed by atoms with E-state index in [1.165, 1.54) is 0 Å². The van der Waals surface area contributed by atoms with Gasteiger partial charge in [0.1, 0.15) is 11.2 Å². The Morgan fingerprint density at radius 2 is 1.90 bits per heavy atom. The summed E-state index contributed by atoms with van der Waals surface area (Å²) in [6, 6.07) is 11.9. The monoisotopic (exact) mass is 409 g/mol. The van der Waals surface area contributed by atoms with Crippen molar-refractivity contribution in [1.82, 2.24) is 30.1 Å². The van der Waals surface area contributed by atoms with Crippen LogP contribution in [-0.4, -0.2) is 30.1 Å². The second-order valence-electron chi connectivity index (χ2n) is 6.99. The first-order chi connectivity index (χ1) is 14.8. The van der Waals surface area contributed by atoms with Crippen LogP contribution in [0.15, 0.2) is 65.7 Å². The van der Waals surface area contributed by atoms with E-state index in [4.69, 9.17) is 10.7 Å². The summed E-state index contributed by atoms with van der Waals surface area (Å²) >= 11 is 1.66. The lowest BCUT2D eigenvalue weighted by molar-refractivity contribution is 1.12. The number of hydrogen-bond donors (Lipinski definition) is 3. The van der Waals surface area contributed by atoms with Crippen molar-refractivity contribution in [1.29, 1.82) is 0 Å². The maximum absolute atomic E-state index is 5.89. The molecular formula is C22H15N7S. The summed E-state index contributed by atoms with van der Waals surface area (Å²) in [5.41, 5.74) is 14.5. The number of thiophene rings is 1. The SMILES string of the molecule is Nc1cncc(-c2ccc3[nH]nc(-c4cc5c(-c6ccsc6)nccc5[nH]4)c3n2)c1. The zero-order chi connectivity index (χ0) is 20.1. The number of nitrogens with one attached hydrogen (secondary N) is 2. The van der Waals surface area contributed by atoms with Gasteiger partial charge in [0.25, 0.3) is 0 Å². The predicted molar refractivity (Wildman–Crippen MR) is 120 cm³/mol. The van der Waals surface area contributed by atoms with E-state index in [9.17, 15) is 0 Å². The van der Waals surface area contributed by atoms with Crippen LogP contribution in [0.4, 0.5) is 5.69 Å². The minimum absolute atomic E-state index is 0.603. The number of nitrogens with zero attached hydrogens (tertiary/aromatic N) is 4. The first-order valence-corrected chi connectivity index (χ1v) is 10.3. The minimum Gasteiger partial charge on any atom is -0.397 e. The van der Waals surface area contributed by atoms with Gasteiger partial charge >= 0.3 is 0 Å². The molecule has 0 aromatic carbocycles. The lowest BCUT2D eigenvalue weighted by Gasteiger charge is -2.02. The number of nitrogen functional groups attached to an aromatic ring is 1. The molecule has 4 N–H and O–H groups in total. The number of fused-ring (bicyclic) bond motifs is 2. The summed E-state index contributed by atoms with van der Waals surface area (Å²) in [4.78, 5) is 17.1. The summed E-state index contributed by atoms with van der Waals surface area (Å²) < 4.78 is 0. The van der Waals surface area contributed by atoms with Crippen LogP contribution < -0.4 is 5.73 Å². The molecule has 0 spiro atoms. The lowest BCUT2D eigenvalue weighted by atomic mass is 10.1. The number of hydrogen-bond acceptors (Lipinski definition) is 6. The number of anilines is 1. The molecule has 0 aliphatic carbocycles. The molecule has 7 nitrogen and oxygen atoms in total. The largest absolute Gasteiger partial charge is 0.397 e. The topological polar surface area (TPSA) is 109 Å². The number of aromatic amines is 2. The van der Waals surface area contributed by atoms with Gasteiger partial charge < -0.3 is 10.7 Å². The molecule has 0 saturated heterocycles. The second-order valence-corrected chi connectivity index (χ2v) is 7.77. The first kappa shape index (κ1) is 16.9. The molecule has 0 saturated carbocycles. The highest BCUT2D eigenvalue weighted by Crippen LogP contribution is 2.33. The third-order valence-electron chi connectivity index (χ3n) is 5.06. The fourth-order valence-corrected chi connectivity index (χ4v) is 4.30. The maximum atomic E-state index is 5.89. The number of rotatable bonds is 3. The van der Waals surface area contributed by atoms with E-state index in [1.54, 1.807) is 23.7 Å². The highest BCUT2D eigenvalue weighted by molar-refractivity contribution is 7.08. The number of nitrogens with two attached hydrogens (primary N) is 1. The van der Waals surface area contributed by atoms with E-state index in [1.807, 2.05) is 30.5 Å². The molecule has 6 rings (SSSR count). The molecule has 144 valence electrons. The minimum atomic E-state index is 0.603. The van der Waals surface area contributed by atoms with Crippen molar-refractivity contribution in [3.8, 4) is 33.9 Å². The standard InChI is InChI=1S/C22H15N7S/c23-14-7-13(9-24-10-14)16-1-2-18-21(27-16)22(29-28-18)19-8-15-17(26-19)3-5-25-20(15)12-4-6-30-11-12/h1-11,26H,23H2,(H,28,29). The van der Waals surface area contributed by atoms with E-state index in [0.29, 0.717) is 5.69 Å². The molecule has 6 aromatic heterocycles. The zero-order valence-electron chi connectivity index (χ0n) is 15.6. The van der Waals surface area contributed by atoms with Crippen molar-refractivity contribution >= 4 is 39.0 Å². The summed E-state index contributed by atoms with van der Waals surface area (Å²) in [6.45, 7) is 0. The molecule has 0 aliphatic rings. The van der Waals surface area contributed by atoms with E-state index < -0.39 is 0 Å². The smallest absolute Gasteiger partial charge is 0.135 e. The van der Waals surface area contributed by atoms with E-state index in [-0.39, 0.29) is 0 Å². The Morgan fingerprint density at radius 3 is 2.77 bits per heavy atom. The van der Waals surface area contributed by atoms with Gasteiger partial charge in [-0.3, -0.25) is 15.1 Å². The van der Waals surface area contributed by atoms with E-state index in [2.05, 4.69) is 48.0 Å². The van der Waals surface area contributed by atoms with Crippen molar-refractivity contribution in [2.45, 2.75) is 0 Å². The second kappa shape index (κ2) is 6.50. The summed E-state index contributed by atoms with van der Waals surface area (Å²) in [5.74, 6) is 0.